The van der Waals surface area contributed by atoms with Crippen molar-refractivity contribution in [1.82, 2.24) is 4.90 Å². The predicted octanol–water partition coefficient (Wildman–Crippen LogP) is 4.96. The Labute approximate surface area is 167 Å². The Balaban J connectivity index is 1.35. The number of hydrogen-bond donors (Lipinski definition) is 1. The molecule has 0 spiro atoms. The van der Waals surface area contributed by atoms with E-state index in [1.165, 1.54) is 33.5 Å². The number of fused-ring (bicyclic) bond motifs is 4. The zero-order valence-electron chi connectivity index (χ0n) is 16.3. The molecule has 2 aliphatic heterocycles. The fraction of sp³-hybridized carbons (Fsp3) is 0.280. The maximum absolute atomic E-state index is 5.42. The maximum atomic E-state index is 5.42. The molecule has 142 valence electrons. The number of nitrogens with zero attached hydrogens (tertiary/aromatic N) is 1. The van der Waals surface area contributed by atoms with Gasteiger partial charge in [-0.05, 0) is 64.9 Å². The number of nitrogens with one attached hydrogen (secondary N) is 1. The van der Waals surface area contributed by atoms with Crippen LogP contribution in [0.25, 0.3) is 0 Å². The summed E-state index contributed by atoms with van der Waals surface area (Å²) in [7, 11) is 1.75. The molecule has 0 amide bonds. The Morgan fingerprint density at radius 2 is 1.86 bits per heavy atom. The van der Waals surface area contributed by atoms with Crippen molar-refractivity contribution in [3.63, 3.8) is 0 Å². The zero-order valence-corrected chi connectivity index (χ0v) is 16.3. The van der Waals surface area contributed by atoms with Gasteiger partial charge in [0, 0.05) is 31.4 Å². The second-order valence-electron chi connectivity index (χ2n) is 7.83. The van der Waals surface area contributed by atoms with Crippen molar-refractivity contribution in [3.05, 3.63) is 94.5 Å². The predicted molar refractivity (Wildman–Crippen MR) is 114 cm³/mol. The Bertz CT molecular complexity index is 983. The summed E-state index contributed by atoms with van der Waals surface area (Å²) in [5, 5.41) is 3.58. The highest BCUT2D eigenvalue weighted by atomic mass is 16.5. The van der Waals surface area contributed by atoms with E-state index < -0.39 is 0 Å². The van der Waals surface area contributed by atoms with Crippen LogP contribution in [0.15, 0.2) is 66.7 Å². The first-order valence-corrected chi connectivity index (χ1v) is 10.1. The Morgan fingerprint density at radius 3 is 2.71 bits per heavy atom. The van der Waals surface area contributed by atoms with Gasteiger partial charge in [0.1, 0.15) is 5.75 Å². The highest BCUT2D eigenvalue weighted by Gasteiger charge is 2.32. The lowest BCUT2D eigenvalue weighted by Gasteiger charge is -2.41. The van der Waals surface area contributed by atoms with Crippen LogP contribution < -0.4 is 10.1 Å². The standard InChI is InChI=1S/C25H26N2O/c1-28-23-9-10-24-20(14-23)11-12-27-17-21-13-22(8-7-19(21)15-25(24)27)26-16-18-5-3-2-4-6-18/h2-10,13-14,25-26H,11-12,15-17H2,1H3. The van der Waals surface area contributed by atoms with Crippen molar-refractivity contribution in [1.29, 1.82) is 0 Å². The number of ether oxygens (including phenoxy) is 1. The van der Waals surface area contributed by atoms with Crippen molar-refractivity contribution >= 4 is 5.69 Å². The molecule has 0 saturated carbocycles. The summed E-state index contributed by atoms with van der Waals surface area (Å²) in [6.45, 7) is 3.01. The van der Waals surface area contributed by atoms with Crippen LogP contribution in [0, 0.1) is 0 Å². The van der Waals surface area contributed by atoms with Crippen LogP contribution in [0.1, 0.15) is 33.9 Å². The normalized spacial score (nSPS) is 18.0. The first-order chi connectivity index (χ1) is 13.8. The second-order valence-corrected chi connectivity index (χ2v) is 7.83. The van der Waals surface area contributed by atoms with E-state index in [4.69, 9.17) is 4.74 Å². The lowest BCUT2D eigenvalue weighted by atomic mass is 9.84. The number of anilines is 1. The molecule has 3 heteroatoms. The van der Waals surface area contributed by atoms with E-state index in [1.54, 1.807) is 7.11 Å². The van der Waals surface area contributed by atoms with Crippen LogP contribution in [-0.2, 0) is 25.9 Å². The largest absolute Gasteiger partial charge is 0.497 e. The molecule has 1 atom stereocenters. The number of hydrogen-bond acceptors (Lipinski definition) is 3. The minimum absolute atomic E-state index is 0.491. The van der Waals surface area contributed by atoms with E-state index in [-0.39, 0.29) is 0 Å². The molecule has 0 radical (unpaired) electrons. The zero-order chi connectivity index (χ0) is 18.9. The lowest BCUT2D eigenvalue weighted by Crippen LogP contribution is -2.39. The molecular weight excluding hydrogens is 344 g/mol. The molecule has 1 N–H and O–H groups in total. The van der Waals surface area contributed by atoms with Gasteiger partial charge in [-0.25, -0.2) is 0 Å². The molecule has 0 aromatic heterocycles. The fourth-order valence-corrected chi connectivity index (χ4v) is 4.60. The van der Waals surface area contributed by atoms with Crippen molar-refractivity contribution in [2.24, 2.45) is 0 Å². The van der Waals surface area contributed by atoms with Gasteiger partial charge < -0.3 is 10.1 Å². The molecule has 0 aliphatic carbocycles. The van der Waals surface area contributed by atoms with Crippen LogP contribution in [0.5, 0.6) is 5.75 Å². The molecule has 2 heterocycles. The number of benzene rings is 3. The third kappa shape index (κ3) is 3.27. The van der Waals surface area contributed by atoms with Crippen molar-refractivity contribution in [2.75, 3.05) is 19.0 Å². The summed E-state index contributed by atoms with van der Waals surface area (Å²) in [6, 6.07) is 24.6. The Hall–Kier alpha value is -2.78. The van der Waals surface area contributed by atoms with Crippen molar-refractivity contribution in [3.8, 4) is 5.75 Å². The average molecular weight is 370 g/mol. The van der Waals surface area contributed by atoms with Gasteiger partial charge in [-0.15, -0.1) is 0 Å². The lowest BCUT2D eigenvalue weighted by molar-refractivity contribution is 0.161. The van der Waals surface area contributed by atoms with E-state index in [1.807, 2.05) is 0 Å². The molecule has 0 saturated heterocycles. The molecule has 3 nitrogen and oxygen atoms in total. The van der Waals surface area contributed by atoms with Gasteiger partial charge in [0.05, 0.1) is 7.11 Å². The fourth-order valence-electron chi connectivity index (χ4n) is 4.60. The third-order valence-corrected chi connectivity index (χ3v) is 6.15. The van der Waals surface area contributed by atoms with Crippen molar-refractivity contribution in [2.45, 2.75) is 32.0 Å². The van der Waals surface area contributed by atoms with Gasteiger partial charge in [0.15, 0.2) is 0 Å². The molecule has 2 aliphatic rings. The van der Waals surface area contributed by atoms with Gasteiger partial charge in [-0.3, -0.25) is 4.90 Å². The second kappa shape index (κ2) is 7.33. The van der Waals surface area contributed by atoms with Gasteiger partial charge in [-0.2, -0.15) is 0 Å². The molecular formula is C25H26N2O. The third-order valence-electron chi connectivity index (χ3n) is 6.15. The minimum Gasteiger partial charge on any atom is -0.497 e. The van der Waals surface area contributed by atoms with Crippen LogP contribution in [0.3, 0.4) is 0 Å². The summed E-state index contributed by atoms with van der Waals surface area (Å²) < 4.78 is 5.42. The summed E-state index contributed by atoms with van der Waals surface area (Å²) in [5.41, 5.74) is 8.39. The maximum Gasteiger partial charge on any atom is 0.119 e. The summed E-state index contributed by atoms with van der Waals surface area (Å²) in [6.07, 6.45) is 2.19. The quantitative estimate of drug-likeness (QED) is 0.702. The average Bonchev–Trinajstić information content (AvgIpc) is 2.76. The SMILES string of the molecule is COc1ccc2c(c1)CCN1Cc3cc(NCc4ccccc4)ccc3CC21. The molecule has 5 rings (SSSR count). The summed E-state index contributed by atoms with van der Waals surface area (Å²) in [4.78, 5) is 2.64. The van der Waals surface area contributed by atoms with Crippen LogP contribution in [0.4, 0.5) is 5.69 Å². The van der Waals surface area contributed by atoms with Crippen molar-refractivity contribution < 1.29 is 4.74 Å². The highest BCUT2D eigenvalue weighted by Crippen LogP contribution is 2.39. The van der Waals surface area contributed by atoms with E-state index in [0.29, 0.717) is 6.04 Å². The highest BCUT2D eigenvalue weighted by molar-refractivity contribution is 5.51. The molecule has 0 fully saturated rings. The topological polar surface area (TPSA) is 24.5 Å². The van der Waals surface area contributed by atoms with Gasteiger partial charge in [0.2, 0.25) is 0 Å². The molecule has 1 unspecified atom stereocenters. The van der Waals surface area contributed by atoms with E-state index >= 15 is 0 Å². The Morgan fingerprint density at radius 1 is 0.964 bits per heavy atom. The van der Waals surface area contributed by atoms with Crippen LogP contribution in [0.2, 0.25) is 0 Å². The van der Waals surface area contributed by atoms with Crippen LogP contribution >= 0.6 is 0 Å². The van der Waals surface area contributed by atoms with E-state index in [2.05, 4.69) is 76.9 Å². The monoisotopic (exact) mass is 370 g/mol. The molecule has 3 aromatic carbocycles. The minimum atomic E-state index is 0.491. The van der Waals surface area contributed by atoms with E-state index in [9.17, 15) is 0 Å². The van der Waals surface area contributed by atoms with Gasteiger partial charge in [-0.1, -0.05) is 42.5 Å². The first kappa shape index (κ1) is 17.3. The molecule has 0 bridgehead atoms. The van der Waals surface area contributed by atoms with E-state index in [0.717, 1.165) is 38.2 Å². The van der Waals surface area contributed by atoms with Gasteiger partial charge >= 0.3 is 0 Å². The summed E-state index contributed by atoms with van der Waals surface area (Å²) in [5.74, 6) is 0.970. The number of rotatable bonds is 4. The summed E-state index contributed by atoms with van der Waals surface area (Å²) >= 11 is 0. The Kier molecular flexibility index (Phi) is 4.53. The number of methoxy groups -OCH3 is 1. The first-order valence-electron chi connectivity index (χ1n) is 10.1. The molecule has 3 aromatic rings. The molecule has 28 heavy (non-hydrogen) atoms. The van der Waals surface area contributed by atoms with Gasteiger partial charge in [0.25, 0.3) is 0 Å². The van der Waals surface area contributed by atoms with Crippen LogP contribution in [-0.4, -0.2) is 18.6 Å². The smallest absolute Gasteiger partial charge is 0.119 e.